The number of hydrogen-bond donors (Lipinski definition) is 1. The SMILES string of the molecule is COCCCOCCC1(CN)CCc2ccccc2C1. The second-order valence-corrected chi connectivity index (χ2v) is 5.86. The lowest BCUT2D eigenvalue weighted by Gasteiger charge is -2.37. The Morgan fingerprint density at radius 1 is 1.15 bits per heavy atom. The summed E-state index contributed by atoms with van der Waals surface area (Å²) in [5, 5.41) is 0. The lowest BCUT2D eigenvalue weighted by molar-refractivity contribution is 0.0730. The molecule has 112 valence electrons. The number of rotatable bonds is 8. The van der Waals surface area contributed by atoms with Gasteiger partial charge < -0.3 is 15.2 Å². The molecule has 1 aromatic rings. The number of benzene rings is 1. The van der Waals surface area contributed by atoms with Gasteiger partial charge in [-0.15, -0.1) is 0 Å². The molecule has 2 N–H and O–H groups in total. The molecule has 0 fully saturated rings. The summed E-state index contributed by atoms with van der Waals surface area (Å²) in [6.07, 6.45) is 5.46. The van der Waals surface area contributed by atoms with E-state index in [1.807, 2.05) is 0 Å². The first kappa shape index (κ1) is 15.5. The molecule has 0 aliphatic heterocycles. The van der Waals surface area contributed by atoms with Crippen LogP contribution in [0.1, 0.15) is 30.4 Å². The van der Waals surface area contributed by atoms with Gasteiger partial charge in [0.25, 0.3) is 0 Å². The second-order valence-electron chi connectivity index (χ2n) is 5.86. The summed E-state index contributed by atoms with van der Waals surface area (Å²) >= 11 is 0. The lowest BCUT2D eigenvalue weighted by Crippen LogP contribution is -2.37. The summed E-state index contributed by atoms with van der Waals surface area (Å²) < 4.78 is 10.7. The van der Waals surface area contributed by atoms with Crippen LogP contribution in [0.2, 0.25) is 0 Å². The van der Waals surface area contributed by atoms with Gasteiger partial charge in [0.15, 0.2) is 0 Å². The predicted molar refractivity (Wildman–Crippen MR) is 81.9 cm³/mol. The summed E-state index contributed by atoms with van der Waals surface area (Å²) in [5.74, 6) is 0. The zero-order chi connectivity index (χ0) is 14.3. The molecule has 20 heavy (non-hydrogen) atoms. The Labute approximate surface area is 122 Å². The number of nitrogens with two attached hydrogens (primary N) is 1. The van der Waals surface area contributed by atoms with Crippen LogP contribution in [0.5, 0.6) is 0 Å². The molecule has 0 radical (unpaired) electrons. The van der Waals surface area contributed by atoms with Crippen LogP contribution in [0.25, 0.3) is 0 Å². The molecule has 0 saturated carbocycles. The molecule has 1 aliphatic rings. The monoisotopic (exact) mass is 277 g/mol. The Hall–Kier alpha value is -0.900. The molecule has 0 heterocycles. The van der Waals surface area contributed by atoms with Crippen molar-refractivity contribution in [1.82, 2.24) is 0 Å². The minimum atomic E-state index is 0.232. The van der Waals surface area contributed by atoms with Crippen molar-refractivity contribution in [2.45, 2.75) is 32.1 Å². The van der Waals surface area contributed by atoms with E-state index in [1.165, 1.54) is 17.5 Å². The first-order valence-corrected chi connectivity index (χ1v) is 7.63. The molecule has 1 aliphatic carbocycles. The van der Waals surface area contributed by atoms with Crippen molar-refractivity contribution in [2.24, 2.45) is 11.1 Å². The average Bonchev–Trinajstić information content (AvgIpc) is 2.50. The van der Waals surface area contributed by atoms with Crippen LogP contribution in [0, 0.1) is 5.41 Å². The minimum Gasteiger partial charge on any atom is -0.385 e. The van der Waals surface area contributed by atoms with Crippen molar-refractivity contribution in [1.29, 1.82) is 0 Å². The highest BCUT2D eigenvalue weighted by atomic mass is 16.5. The molecule has 0 saturated heterocycles. The summed E-state index contributed by atoms with van der Waals surface area (Å²) in [4.78, 5) is 0. The molecule has 2 rings (SSSR count). The molecule has 0 spiro atoms. The molecule has 3 heteroatoms. The van der Waals surface area contributed by atoms with Gasteiger partial charge in [-0.1, -0.05) is 24.3 Å². The highest BCUT2D eigenvalue weighted by Crippen LogP contribution is 2.37. The van der Waals surface area contributed by atoms with Crippen LogP contribution >= 0.6 is 0 Å². The predicted octanol–water partition coefficient (Wildman–Crippen LogP) is 2.56. The van der Waals surface area contributed by atoms with Gasteiger partial charge in [0.05, 0.1) is 0 Å². The highest BCUT2D eigenvalue weighted by Gasteiger charge is 2.32. The zero-order valence-corrected chi connectivity index (χ0v) is 12.6. The quantitative estimate of drug-likeness (QED) is 0.743. The maximum atomic E-state index is 6.08. The normalized spacial score (nSPS) is 21.7. The van der Waals surface area contributed by atoms with Crippen LogP contribution in [0.15, 0.2) is 24.3 Å². The fraction of sp³-hybridized carbons (Fsp3) is 0.647. The summed E-state index contributed by atoms with van der Waals surface area (Å²) in [7, 11) is 1.73. The Kier molecular flexibility index (Phi) is 6.02. The van der Waals surface area contributed by atoms with E-state index in [2.05, 4.69) is 24.3 Å². The van der Waals surface area contributed by atoms with E-state index in [-0.39, 0.29) is 5.41 Å². The van der Waals surface area contributed by atoms with Crippen LogP contribution in [-0.4, -0.2) is 33.5 Å². The van der Waals surface area contributed by atoms with Gasteiger partial charge in [-0.3, -0.25) is 0 Å². The second kappa shape index (κ2) is 7.77. The molecule has 0 amide bonds. The van der Waals surface area contributed by atoms with Gasteiger partial charge in [-0.2, -0.15) is 0 Å². The van der Waals surface area contributed by atoms with Crippen molar-refractivity contribution in [3.63, 3.8) is 0 Å². The van der Waals surface area contributed by atoms with E-state index >= 15 is 0 Å². The van der Waals surface area contributed by atoms with Gasteiger partial charge in [0, 0.05) is 26.9 Å². The van der Waals surface area contributed by atoms with Crippen LogP contribution in [-0.2, 0) is 22.3 Å². The van der Waals surface area contributed by atoms with E-state index in [0.29, 0.717) is 0 Å². The van der Waals surface area contributed by atoms with Gasteiger partial charge >= 0.3 is 0 Å². The third-order valence-electron chi connectivity index (χ3n) is 4.46. The molecular weight excluding hydrogens is 250 g/mol. The maximum absolute atomic E-state index is 6.08. The third-order valence-corrected chi connectivity index (χ3v) is 4.46. The van der Waals surface area contributed by atoms with Crippen molar-refractivity contribution in [3.8, 4) is 0 Å². The van der Waals surface area contributed by atoms with Crippen molar-refractivity contribution in [3.05, 3.63) is 35.4 Å². The first-order chi connectivity index (χ1) is 9.79. The van der Waals surface area contributed by atoms with E-state index in [9.17, 15) is 0 Å². The van der Waals surface area contributed by atoms with E-state index < -0.39 is 0 Å². The van der Waals surface area contributed by atoms with Crippen molar-refractivity contribution < 1.29 is 9.47 Å². The van der Waals surface area contributed by atoms with E-state index in [0.717, 1.165) is 52.0 Å². The van der Waals surface area contributed by atoms with Crippen molar-refractivity contribution >= 4 is 0 Å². The van der Waals surface area contributed by atoms with Gasteiger partial charge in [0.2, 0.25) is 0 Å². The lowest BCUT2D eigenvalue weighted by atomic mass is 9.70. The smallest absolute Gasteiger partial charge is 0.0487 e. The summed E-state index contributed by atoms with van der Waals surface area (Å²) in [5.41, 5.74) is 9.29. The Balaban J connectivity index is 1.82. The maximum Gasteiger partial charge on any atom is 0.0487 e. The Morgan fingerprint density at radius 2 is 1.95 bits per heavy atom. The number of aryl methyl sites for hydroxylation is 1. The van der Waals surface area contributed by atoms with Crippen LogP contribution < -0.4 is 5.73 Å². The first-order valence-electron chi connectivity index (χ1n) is 7.63. The Morgan fingerprint density at radius 3 is 2.70 bits per heavy atom. The molecule has 1 aromatic carbocycles. The largest absolute Gasteiger partial charge is 0.385 e. The minimum absolute atomic E-state index is 0.232. The average molecular weight is 277 g/mol. The number of methoxy groups -OCH3 is 1. The third kappa shape index (κ3) is 4.05. The van der Waals surface area contributed by atoms with Crippen molar-refractivity contribution in [2.75, 3.05) is 33.5 Å². The van der Waals surface area contributed by atoms with Gasteiger partial charge in [-0.25, -0.2) is 0 Å². The van der Waals surface area contributed by atoms with E-state index in [4.69, 9.17) is 15.2 Å². The fourth-order valence-electron chi connectivity index (χ4n) is 3.05. The molecule has 1 atom stereocenters. The molecule has 0 aromatic heterocycles. The zero-order valence-electron chi connectivity index (χ0n) is 12.6. The number of hydrogen-bond acceptors (Lipinski definition) is 3. The van der Waals surface area contributed by atoms with E-state index in [1.54, 1.807) is 7.11 Å². The number of ether oxygens (including phenoxy) is 2. The van der Waals surface area contributed by atoms with Crippen LogP contribution in [0.4, 0.5) is 0 Å². The molecule has 0 bridgehead atoms. The summed E-state index contributed by atoms with van der Waals surface area (Å²) in [6, 6.07) is 8.76. The molecule has 1 unspecified atom stereocenters. The Bertz CT molecular complexity index is 408. The number of fused-ring (bicyclic) bond motifs is 1. The molecular formula is C17H27NO2. The van der Waals surface area contributed by atoms with Gasteiger partial charge in [0.1, 0.15) is 0 Å². The fourth-order valence-corrected chi connectivity index (χ4v) is 3.05. The summed E-state index contributed by atoms with van der Waals surface area (Å²) in [6.45, 7) is 3.12. The van der Waals surface area contributed by atoms with Crippen LogP contribution in [0.3, 0.4) is 0 Å². The highest BCUT2D eigenvalue weighted by molar-refractivity contribution is 5.31. The van der Waals surface area contributed by atoms with Gasteiger partial charge in [-0.05, 0) is 55.2 Å². The standard InChI is InChI=1S/C17H27NO2/c1-19-10-4-11-20-12-9-17(14-18)8-7-15-5-2-3-6-16(15)13-17/h2-3,5-6H,4,7-14,18H2,1H3. The topological polar surface area (TPSA) is 44.5 Å². The molecule has 3 nitrogen and oxygen atoms in total.